The van der Waals surface area contributed by atoms with Crippen molar-refractivity contribution < 1.29 is 9.53 Å². The van der Waals surface area contributed by atoms with E-state index in [0.717, 1.165) is 12.5 Å². The van der Waals surface area contributed by atoms with E-state index in [1.54, 1.807) is 0 Å². The van der Waals surface area contributed by atoms with Crippen LogP contribution in [0, 0.1) is 11.3 Å². The fourth-order valence-electron chi connectivity index (χ4n) is 2.65. The normalized spacial score (nSPS) is 21.9. The fraction of sp³-hybridized carbons (Fsp3) is 0.929. The second-order valence-electron chi connectivity index (χ2n) is 6.09. The lowest BCUT2D eigenvalue weighted by Gasteiger charge is -2.40. The zero-order chi connectivity index (χ0) is 13.6. The summed E-state index contributed by atoms with van der Waals surface area (Å²) in [6, 6.07) is 0. The average molecular weight is 256 g/mol. The highest BCUT2D eigenvalue weighted by molar-refractivity contribution is 5.69. The molecular weight excluding hydrogens is 228 g/mol. The first-order chi connectivity index (χ1) is 8.45. The van der Waals surface area contributed by atoms with Crippen LogP contribution in [0.4, 0.5) is 0 Å². The number of esters is 1. The van der Waals surface area contributed by atoms with Crippen molar-refractivity contribution in [3.63, 3.8) is 0 Å². The molecule has 4 heteroatoms. The highest BCUT2D eigenvalue weighted by Gasteiger charge is 2.31. The van der Waals surface area contributed by atoms with E-state index >= 15 is 0 Å². The second kappa shape index (κ2) is 7.10. The molecule has 1 unspecified atom stereocenters. The molecule has 0 aromatic rings. The van der Waals surface area contributed by atoms with Gasteiger partial charge in [0.2, 0.25) is 0 Å². The molecule has 1 aliphatic rings. The molecule has 0 aliphatic carbocycles. The molecule has 0 spiro atoms. The van der Waals surface area contributed by atoms with Gasteiger partial charge < -0.3 is 15.0 Å². The van der Waals surface area contributed by atoms with E-state index in [1.165, 1.54) is 33.0 Å². The van der Waals surface area contributed by atoms with Crippen molar-refractivity contribution in [3.05, 3.63) is 0 Å². The molecule has 0 radical (unpaired) electrons. The second-order valence-corrected chi connectivity index (χ2v) is 6.09. The monoisotopic (exact) mass is 256 g/mol. The van der Waals surface area contributed by atoms with Crippen LogP contribution in [0.3, 0.4) is 0 Å². The average Bonchev–Trinajstić information content (AvgIpc) is 2.34. The van der Waals surface area contributed by atoms with Gasteiger partial charge in [-0.3, -0.25) is 4.79 Å². The Hall–Kier alpha value is -0.610. The van der Waals surface area contributed by atoms with Gasteiger partial charge in [0, 0.05) is 19.6 Å². The van der Waals surface area contributed by atoms with Crippen LogP contribution in [0.5, 0.6) is 0 Å². The van der Waals surface area contributed by atoms with Crippen LogP contribution in [0.2, 0.25) is 0 Å². The van der Waals surface area contributed by atoms with Crippen LogP contribution in [0.25, 0.3) is 0 Å². The molecule has 18 heavy (non-hydrogen) atoms. The molecule has 1 atom stereocenters. The van der Waals surface area contributed by atoms with Crippen molar-refractivity contribution >= 4 is 5.97 Å². The van der Waals surface area contributed by atoms with Crippen molar-refractivity contribution in [2.75, 3.05) is 40.3 Å². The Kier molecular flexibility index (Phi) is 6.09. The van der Waals surface area contributed by atoms with Gasteiger partial charge in [-0.15, -0.1) is 0 Å². The van der Waals surface area contributed by atoms with Gasteiger partial charge in [0.15, 0.2) is 0 Å². The third-order valence-corrected chi connectivity index (χ3v) is 4.04. The number of rotatable bonds is 6. The number of piperidine rings is 1. The third kappa shape index (κ3) is 4.94. The molecule has 4 nitrogen and oxygen atoms in total. The van der Waals surface area contributed by atoms with Crippen molar-refractivity contribution in [1.82, 2.24) is 10.2 Å². The van der Waals surface area contributed by atoms with Gasteiger partial charge >= 0.3 is 5.97 Å². The van der Waals surface area contributed by atoms with Crippen LogP contribution in [-0.4, -0.2) is 51.2 Å². The summed E-state index contributed by atoms with van der Waals surface area (Å²) in [5, 5.41) is 3.38. The number of hydrogen-bond acceptors (Lipinski definition) is 4. The first-order valence-corrected chi connectivity index (χ1v) is 6.92. The molecule has 1 rings (SSSR count). The van der Waals surface area contributed by atoms with Crippen LogP contribution in [-0.2, 0) is 9.53 Å². The Morgan fingerprint density at radius 3 is 2.83 bits per heavy atom. The number of likely N-dealkylation sites (tertiary alicyclic amines) is 1. The topological polar surface area (TPSA) is 41.6 Å². The molecule has 0 amide bonds. The number of nitrogens with one attached hydrogen (secondary N) is 1. The first-order valence-electron chi connectivity index (χ1n) is 6.92. The molecule has 1 saturated heterocycles. The van der Waals surface area contributed by atoms with Gasteiger partial charge in [0.1, 0.15) is 0 Å². The minimum absolute atomic E-state index is 0.141. The highest BCUT2D eigenvalue weighted by Crippen LogP contribution is 2.32. The SMILES string of the molecule is COC(=O)CCNCC(C)(C)C1CCCN(C)C1. The molecule has 0 aromatic carbocycles. The lowest BCUT2D eigenvalue weighted by molar-refractivity contribution is -0.140. The maximum Gasteiger partial charge on any atom is 0.306 e. The van der Waals surface area contributed by atoms with Crippen LogP contribution in [0.1, 0.15) is 33.1 Å². The molecule has 1 fully saturated rings. The Balaban J connectivity index is 2.28. The van der Waals surface area contributed by atoms with Crippen molar-refractivity contribution in [3.8, 4) is 0 Å². The lowest BCUT2D eigenvalue weighted by Crippen LogP contribution is -2.44. The molecule has 0 saturated carbocycles. The van der Waals surface area contributed by atoms with Gasteiger partial charge in [0.25, 0.3) is 0 Å². The summed E-state index contributed by atoms with van der Waals surface area (Å²) in [6.45, 7) is 8.72. The van der Waals surface area contributed by atoms with E-state index in [4.69, 9.17) is 0 Å². The third-order valence-electron chi connectivity index (χ3n) is 4.04. The fourth-order valence-corrected chi connectivity index (χ4v) is 2.65. The summed E-state index contributed by atoms with van der Waals surface area (Å²) in [5.74, 6) is 0.597. The first kappa shape index (κ1) is 15.4. The summed E-state index contributed by atoms with van der Waals surface area (Å²) < 4.78 is 4.63. The van der Waals surface area contributed by atoms with E-state index < -0.39 is 0 Å². The minimum Gasteiger partial charge on any atom is -0.469 e. The van der Waals surface area contributed by atoms with E-state index in [2.05, 4.69) is 35.8 Å². The Morgan fingerprint density at radius 1 is 1.50 bits per heavy atom. The molecular formula is C14H28N2O2. The molecule has 0 aromatic heterocycles. The molecule has 1 N–H and O–H groups in total. The predicted octanol–water partition coefficient (Wildman–Crippen LogP) is 1.51. The van der Waals surface area contributed by atoms with Crippen molar-refractivity contribution in [2.45, 2.75) is 33.1 Å². The van der Waals surface area contributed by atoms with E-state index in [-0.39, 0.29) is 11.4 Å². The Morgan fingerprint density at radius 2 is 2.22 bits per heavy atom. The van der Waals surface area contributed by atoms with Gasteiger partial charge in [-0.25, -0.2) is 0 Å². The van der Waals surface area contributed by atoms with Crippen molar-refractivity contribution in [1.29, 1.82) is 0 Å². The standard InChI is InChI=1S/C14H28N2O2/c1-14(2,11-15-8-7-13(17)18-4)12-6-5-9-16(3)10-12/h12,15H,5-11H2,1-4H3. The number of hydrogen-bond donors (Lipinski definition) is 1. The number of carbonyl (C=O) groups is 1. The van der Waals surface area contributed by atoms with Crippen molar-refractivity contribution in [2.24, 2.45) is 11.3 Å². The van der Waals surface area contributed by atoms with Gasteiger partial charge in [-0.05, 0) is 37.8 Å². The van der Waals surface area contributed by atoms with E-state index in [1.807, 2.05) is 0 Å². The maximum atomic E-state index is 11.0. The summed E-state index contributed by atoms with van der Waals surface area (Å²) in [7, 11) is 3.64. The Labute approximate surface area is 111 Å². The molecule has 106 valence electrons. The molecule has 1 aliphatic heterocycles. The summed E-state index contributed by atoms with van der Waals surface area (Å²) in [6.07, 6.45) is 3.07. The number of methoxy groups -OCH3 is 1. The van der Waals surface area contributed by atoms with Gasteiger partial charge in [-0.2, -0.15) is 0 Å². The zero-order valence-electron chi connectivity index (χ0n) is 12.3. The predicted molar refractivity (Wildman–Crippen MR) is 73.5 cm³/mol. The summed E-state index contributed by atoms with van der Waals surface area (Å²) >= 11 is 0. The quantitative estimate of drug-likeness (QED) is 0.578. The number of nitrogens with zero attached hydrogens (tertiary/aromatic N) is 1. The van der Waals surface area contributed by atoms with Gasteiger partial charge in [0.05, 0.1) is 13.5 Å². The zero-order valence-corrected chi connectivity index (χ0v) is 12.3. The molecule has 0 bridgehead atoms. The number of carbonyl (C=O) groups excluding carboxylic acids is 1. The smallest absolute Gasteiger partial charge is 0.306 e. The van der Waals surface area contributed by atoms with E-state index in [0.29, 0.717) is 13.0 Å². The number of ether oxygens (including phenoxy) is 1. The summed E-state index contributed by atoms with van der Waals surface area (Å²) in [4.78, 5) is 13.4. The minimum atomic E-state index is -0.141. The highest BCUT2D eigenvalue weighted by atomic mass is 16.5. The van der Waals surface area contributed by atoms with Gasteiger partial charge in [-0.1, -0.05) is 13.8 Å². The van der Waals surface area contributed by atoms with Crippen LogP contribution < -0.4 is 5.32 Å². The largest absolute Gasteiger partial charge is 0.469 e. The maximum absolute atomic E-state index is 11.0. The lowest BCUT2D eigenvalue weighted by atomic mass is 9.74. The van der Waals surface area contributed by atoms with E-state index in [9.17, 15) is 4.79 Å². The van der Waals surface area contributed by atoms with Crippen LogP contribution >= 0.6 is 0 Å². The Bertz CT molecular complexity index is 267. The summed E-state index contributed by atoms with van der Waals surface area (Å²) in [5.41, 5.74) is 0.283. The molecule has 1 heterocycles. The van der Waals surface area contributed by atoms with Crippen LogP contribution in [0.15, 0.2) is 0 Å².